The van der Waals surface area contributed by atoms with Crippen molar-refractivity contribution in [3.8, 4) is 0 Å². The van der Waals surface area contributed by atoms with Crippen LogP contribution in [0, 0.1) is 5.82 Å². The Bertz CT molecular complexity index is 1060. The van der Waals surface area contributed by atoms with Crippen LogP contribution in [0.2, 0.25) is 0 Å². The van der Waals surface area contributed by atoms with Crippen molar-refractivity contribution in [2.24, 2.45) is 0 Å². The second-order valence-corrected chi connectivity index (χ2v) is 6.62. The van der Waals surface area contributed by atoms with Crippen LogP contribution in [0.1, 0.15) is 12.0 Å². The van der Waals surface area contributed by atoms with Crippen LogP contribution in [0.25, 0.3) is 0 Å². The van der Waals surface area contributed by atoms with E-state index in [0.29, 0.717) is 12.1 Å². The number of amides is 1. The Morgan fingerprint density at radius 1 is 1.22 bits per heavy atom. The molecule has 1 aliphatic carbocycles. The third-order valence-corrected chi connectivity index (χ3v) is 4.22. The zero-order valence-corrected chi connectivity index (χ0v) is 16.8. The minimum Gasteiger partial charge on any atom is -0.491 e. The lowest BCUT2D eigenvalue weighted by Crippen LogP contribution is -2.22. The number of nitrogens with one attached hydrogen (secondary N) is 3. The monoisotopic (exact) mass is 449 g/mol. The fourth-order valence-electron chi connectivity index (χ4n) is 2.63. The number of aromatic nitrogens is 2. The molecule has 1 aromatic carbocycles. The van der Waals surface area contributed by atoms with E-state index in [9.17, 15) is 22.4 Å². The first-order valence-electron chi connectivity index (χ1n) is 9.37. The molecule has 0 atom stereocenters. The second-order valence-electron chi connectivity index (χ2n) is 6.62. The van der Waals surface area contributed by atoms with Gasteiger partial charge in [-0.2, -0.15) is 18.2 Å². The van der Waals surface area contributed by atoms with Gasteiger partial charge in [0.2, 0.25) is 5.95 Å². The standard InChI is InChI=1S/C21H19F4N5O2/c1-26-18(31)12-32-11-13-3-2-4-16(9-13)29-20-27-10-17(22)19(30-20)28-15-7-5-14(6-8-15)21(23,24)25/h2-8,10-11H,9,12H2,1H3,(H,26,31)(H2,27,28,29,30). The summed E-state index contributed by atoms with van der Waals surface area (Å²) in [5.41, 5.74) is 0.896. The molecule has 0 saturated heterocycles. The van der Waals surface area contributed by atoms with E-state index < -0.39 is 17.6 Å². The summed E-state index contributed by atoms with van der Waals surface area (Å²) >= 11 is 0. The number of ether oxygens (including phenoxy) is 1. The van der Waals surface area contributed by atoms with Gasteiger partial charge in [-0.15, -0.1) is 0 Å². The number of carbonyl (C=O) groups is 1. The molecular weight excluding hydrogens is 430 g/mol. The van der Waals surface area contributed by atoms with E-state index in [0.717, 1.165) is 23.9 Å². The minimum absolute atomic E-state index is 0.0907. The van der Waals surface area contributed by atoms with Gasteiger partial charge >= 0.3 is 6.18 Å². The molecule has 0 aliphatic heterocycles. The number of hydrogen-bond donors (Lipinski definition) is 3. The minimum atomic E-state index is -4.46. The molecule has 1 amide bonds. The van der Waals surface area contributed by atoms with Gasteiger partial charge in [-0.25, -0.2) is 9.37 Å². The van der Waals surface area contributed by atoms with E-state index in [1.54, 1.807) is 18.2 Å². The number of nitrogens with zero attached hydrogens (tertiary/aromatic N) is 2. The van der Waals surface area contributed by atoms with Crippen LogP contribution < -0.4 is 16.0 Å². The summed E-state index contributed by atoms with van der Waals surface area (Å²) in [5, 5.41) is 8.05. The molecule has 0 unspecified atom stereocenters. The highest BCUT2D eigenvalue weighted by Crippen LogP contribution is 2.30. The maximum Gasteiger partial charge on any atom is 0.416 e. The van der Waals surface area contributed by atoms with Crippen LogP contribution >= 0.6 is 0 Å². The maximum atomic E-state index is 14.1. The van der Waals surface area contributed by atoms with Gasteiger partial charge in [-0.3, -0.25) is 4.79 Å². The lowest BCUT2D eigenvalue weighted by molar-refractivity contribution is -0.137. The molecule has 0 fully saturated rings. The van der Waals surface area contributed by atoms with Crippen molar-refractivity contribution in [2.75, 3.05) is 24.3 Å². The number of allylic oxidation sites excluding steroid dienone is 4. The fourth-order valence-corrected chi connectivity index (χ4v) is 2.63. The normalized spacial score (nSPS) is 14.7. The summed E-state index contributed by atoms with van der Waals surface area (Å²) in [6.07, 6.45) is 3.70. The number of likely N-dealkylation sites (N-methyl/N-ethyl adjacent to an activating group) is 1. The Balaban J connectivity index is 1.65. The summed E-state index contributed by atoms with van der Waals surface area (Å²) < 4.78 is 57.4. The predicted molar refractivity (Wildman–Crippen MR) is 110 cm³/mol. The van der Waals surface area contributed by atoms with E-state index in [1.807, 2.05) is 0 Å². The average molecular weight is 449 g/mol. The quantitative estimate of drug-likeness (QED) is 0.432. The van der Waals surface area contributed by atoms with Gasteiger partial charge < -0.3 is 20.7 Å². The van der Waals surface area contributed by atoms with Crippen molar-refractivity contribution < 1.29 is 27.1 Å². The summed E-state index contributed by atoms with van der Waals surface area (Å²) in [5.74, 6) is -1.13. The molecule has 32 heavy (non-hydrogen) atoms. The molecule has 0 radical (unpaired) electrons. The van der Waals surface area contributed by atoms with Crippen LogP contribution in [0.3, 0.4) is 0 Å². The molecule has 1 heterocycles. The number of alkyl halides is 3. The van der Waals surface area contributed by atoms with Gasteiger partial charge in [-0.05, 0) is 35.9 Å². The first kappa shape index (κ1) is 22.8. The third kappa shape index (κ3) is 6.30. The van der Waals surface area contributed by atoms with E-state index >= 15 is 0 Å². The van der Waals surface area contributed by atoms with Gasteiger partial charge in [0.15, 0.2) is 18.2 Å². The lowest BCUT2D eigenvalue weighted by Gasteiger charge is -2.14. The predicted octanol–water partition coefficient (Wildman–Crippen LogP) is 4.28. The van der Waals surface area contributed by atoms with Gasteiger partial charge in [-0.1, -0.05) is 12.2 Å². The summed E-state index contributed by atoms with van der Waals surface area (Å²) in [4.78, 5) is 19.1. The highest BCUT2D eigenvalue weighted by atomic mass is 19.4. The number of halogens is 4. The van der Waals surface area contributed by atoms with E-state index in [-0.39, 0.29) is 30.0 Å². The summed E-state index contributed by atoms with van der Waals surface area (Å²) in [6, 6.07) is 4.14. The molecular formula is C21H19F4N5O2. The van der Waals surface area contributed by atoms with Crippen molar-refractivity contribution >= 4 is 23.4 Å². The molecule has 168 valence electrons. The number of anilines is 3. The molecule has 0 spiro atoms. The number of carbonyl (C=O) groups excluding carboxylic acids is 1. The summed E-state index contributed by atoms with van der Waals surface area (Å²) in [6.45, 7) is -0.111. The van der Waals surface area contributed by atoms with Crippen molar-refractivity contribution in [1.82, 2.24) is 15.3 Å². The third-order valence-electron chi connectivity index (χ3n) is 4.22. The van der Waals surface area contributed by atoms with Crippen LogP contribution in [0.15, 0.2) is 66.2 Å². The molecule has 3 rings (SSSR count). The van der Waals surface area contributed by atoms with Crippen LogP contribution in [-0.4, -0.2) is 29.5 Å². The zero-order chi connectivity index (χ0) is 23.1. The molecule has 1 aliphatic rings. The Morgan fingerprint density at radius 3 is 2.66 bits per heavy atom. The van der Waals surface area contributed by atoms with Gasteiger partial charge in [0.1, 0.15) is 0 Å². The van der Waals surface area contributed by atoms with Crippen LogP contribution in [0.4, 0.5) is 35.0 Å². The molecule has 1 aromatic heterocycles. The first-order valence-corrected chi connectivity index (χ1v) is 9.37. The Morgan fingerprint density at radius 2 is 1.97 bits per heavy atom. The van der Waals surface area contributed by atoms with Gasteiger partial charge in [0.25, 0.3) is 5.91 Å². The van der Waals surface area contributed by atoms with E-state index in [2.05, 4.69) is 25.9 Å². The number of benzene rings is 1. The zero-order valence-electron chi connectivity index (χ0n) is 16.8. The fraction of sp³-hybridized carbons (Fsp3) is 0.190. The number of hydrogen-bond acceptors (Lipinski definition) is 6. The van der Waals surface area contributed by atoms with Gasteiger partial charge in [0.05, 0.1) is 18.0 Å². The van der Waals surface area contributed by atoms with E-state index in [4.69, 9.17) is 4.74 Å². The summed E-state index contributed by atoms with van der Waals surface area (Å²) in [7, 11) is 1.51. The average Bonchev–Trinajstić information content (AvgIpc) is 2.76. The van der Waals surface area contributed by atoms with Crippen molar-refractivity contribution in [1.29, 1.82) is 0 Å². The Kier molecular flexibility index (Phi) is 7.08. The molecule has 11 heteroatoms. The van der Waals surface area contributed by atoms with Crippen molar-refractivity contribution in [2.45, 2.75) is 12.6 Å². The second kappa shape index (κ2) is 9.94. The largest absolute Gasteiger partial charge is 0.491 e. The molecule has 0 saturated carbocycles. The van der Waals surface area contributed by atoms with Crippen LogP contribution in [-0.2, 0) is 15.7 Å². The van der Waals surface area contributed by atoms with E-state index in [1.165, 1.54) is 25.4 Å². The Labute approximate surface area is 180 Å². The SMILES string of the molecule is CNC(=O)COC=C1C=CC=C(Nc2ncc(F)c(Nc3ccc(C(F)(F)F)cc3)n2)C1. The molecule has 3 N–H and O–H groups in total. The molecule has 2 aromatic rings. The number of rotatable bonds is 7. The molecule has 7 nitrogen and oxygen atoms in total. The van der Waals surface area contributed by atoms with Crippen molar-refractivity contribution in [3.63, 3.8) is 0 Å². The highest BCUT2D eigenvalue weighted by molar-refractivity contribution is 5.76. The lowest BCUT2D eigenvalue weighted by atomic mass is 10.1. The topological polar surface area (TPSA) is 88.2 Å². The maximum absolute atomic E-state index is 14.1. The smallest absolute Gasteiger partial charge is 0.416 e. The first-order chi connectivity index (χ1) is 15.2. The highest BCUT2D eigenvalue weighted by Gasteiger charge is 2.30. The van der Waals surface area contributed by atoms with Crippen molar-refractivity contribution in [3.05, 3.63) is 77.6 Å². The Hall–Kier alpha value is -3.89. The molecule has 0 bridgehead atoms. The van der Waals surface area contributed by atoms with Gasteiger partial charge in [0, 0.05) is 24.9 Å². The van der Waals surface area contributed by atoms with Crippen LogP contribution in [0.5, 0.6) is 0 Å².